The minimum atomic E-state index is -0.528. The van der Waals surface area contributed by atoms with E-state index in [-0.39, 0.29) is 16.7 Å². The Morgan fingerprint density at radius 1 is 1.14 bits per heavy atom. The summed E-state index contributed by atoms with van der Waals surface area (Å²) < 4.78 is 9.86. The Balaban J connectivity index is 2.08. The molecule has 21 heavy (non-hydrogen) atoms. The number of hydrogen-bond donors (Lipinski definition) is 1. The number of nitrogens with one attached hydrogen (secondary N) is 1. The van der Waals surface area contributed by atoms with Crippen molar-refractivity contribution in [3.63, 3.8) is 0 Å². The zero-order valence-corrected chi connectivity index (χ0v) is 10.9. The highest BCUT2D eigenvalue weighted by Crippen LogP contribution is 2.33. The normalized spacial score (nSPS) is 10.5. The Bertz CT molecular complexity index is 815. The third kappa shape index (κ3) is 2.22. The Kier molecular flexibility index (Phi) is 3.11. The molecule has 0 aliphatic rings. The lowest BCUT2D eigenvalue weighted by Gasteiger charge is -2.10. The van der Waals surface area contributed by atoms with Crippen molar-refractivity contribution in [2.24, 2.45) is 0 Å². The van der Waals surface area contributed by atoms with Gasteiger partial charge < -0.3 is 10.1 Å². The molecule has 0 atom stereocenters. The van der Waals surface area contributed by atoms with Crippen LogP contribution in [0.25, 0.3) is 11.0 Å². The van der Waals surface area contributed by atoms with Crippen molar-refractivity contribution in [1.29, 1.82) is 0 Å². The zero-order chi connectivity index (χ0) is 14.8. The van der Waals surface area contributed by atoms with E-state index in [4.69, 9.17) is 4.74 Å². The van der Waals surface area contributed by atoms with Gasteiger partial charge >= 0.3 is 5.69 Å². The molecule has 3 rings (SSSR count). The van der Waals surface area contributed by atoms with Gasteiger partial charge in [0.25, 0.3) is 0 Å². The monoisotopic (exact) mass is 286 g/mol. The summed E-state index contributed by atoms with van der Waals surface area (Å²) in [6.07, 6.45) is 0. The van der Waals surface area contributed by atoms with E-state index < -0.39 is 4.92 Å². The average molecular weight is 286 g/mol. The third-order valence-electron chi connectivity index (χ3n) is 2.97. The molecule has 0 spiro atoms. The lowest BCUT2D eigenvalue weighted by atomic mass is 10.2. The van der Waals surface area contributed by atoms with Crippen LogP contribution in [0.5, 0.6) is 5.75 Å². The van der Waals surface area contributed by atoms with Crippen LogP contribution in [0, 0.1) is 10.1 Å². The van der Waals surface area contributed by atoms with Gasteiger partial charge in [-0.15, -0.1) is 0 Å². The van der Waals surface area contributed by atoms with Crippen LogP contribution in [0.3, 0.4) is 0 Å². The SMILES string of the molecule is COc1ccccc1Nc1ccc([N+](=O)[O-])c2nonc12. The smallest absolute Gasteiger partial charge is 0.300 e. The zero-order valence-electron chi connectivity index (χ0n) is 10.9. The lowest BCUT2D eigenvalue weighted by molar-refractivity contribution is -0.383. The maximum absolute atomic E-state index is 10.9. The topological polar surface area (TPSA) is 103 Å². The van der Waals surface area contributed by atoms with Gasteiger partial charge in [0.15, 0.2) is 5.52 Å². The van der Waals surface area contributed by atoms with Crippen LogP contribution in [0.1, 0.15) is 0 Å². The van der Waals surface area contributed by atoms with Crippen molar-refractivity contribution < 1.29 is 14.3 Å². The molecule has 0 saturated heterocycles. The molecule has 0 radical (unpaired) electrons. The fourth-order valence-electron chi connectivity index (χ4n) is 1.99. The Labute approximate surface area is 118 Å². The molecule has 8 nitrogen and oxygen atoms in total. The molecule has 0 aliphatic heterocycles. The van der Waals surface area contributed by atoms with E-state index in [2.05, 4.69) is 20.3 Å². The van der Waals surface area contributed by atoms with Gasteiger partial charge in [0.2, 0.25) is 5.52 Å². The van der Waals surface area contributed by atoms with Crippen LogP contribution in [0.2, 0.25) is 0 Å². The van der Waals surface area contributed by atoms with E-state index in [9.17, 15) is 10.1 Å². The molecule has 1 heterocycles. The highest BCUT2D eigenvalue weighted by Gasteiger charge is 2.20. The summed E-state index contributed by atoms with van der Waals surface area (Å²) in [6.45, 7) is 0. The van der Waals surface area contributed by atoms with Gasteiger partial charge in [0, 0.05) is 6.07 Å². The molecule has 2 aromatic carbocycles. The first-order valence-electron chi connectivity index (χ1n) is 6.00. The summed E-state index contributed by atoms with van der Waals surface area (Å²) in [4.78, 5) is 10.4. The van der Waals surface area contributed by atoms with Crippen molar-refractivity contribution in [3.8, 4) is 5.75 Å². The number of non-ortho nitro benzene ring substituents is 1. The largest absolute Gasteiger partial charge is 0.495 e. The quantitative estimate of drug-likeness (QED) is 0.580. The molecule has 0 unspecified atom stereocenters. The number of fused-ring (bicyclic) bond motifs is 1. The van der Waals surface area contributed by atoms with Crippen molar-refractivity contribution >= 4 is 28.1 Å². The molecule has 106 valence electrons. The van der Waals surface area contributed by atoms with Crippen molar-refractivity contribution in [2.45, 2.75) is 0 Å². The number of hydrogen-bond acceptors (Lipinski definition) is 7. The first-order chi connectivity index (χ1) is 10.2. The third-order valence-corrected chi connectivity index (χ3v) is 2.97. The summed E-state index contributed by atoms with van der Waals surface area (Å²) in [5.74, 6) is 0.639. The first-order valence-corrected chi connectivity index (χ1v) is 6.00. The highest BCUT2D eigenvalue weighted by atomic mass is 16.6. The van der Waals surface area contributed by atoms with Gasteiger partial charge in [-0.2, -0.15) is 0 Å². The number of para-hydroxylation sites is 2. The predicted molar refractivity (Wildman–Crippen MR) is 74.7 cm³/mol. The number of ether oxygens (including phenoxy) is 1. The second-order valence-corrected chi connectivity index (χ2v) is 4.18. The van der Waals surface area contributed by atoms with Crippen molar-refractivity contribution in [1.82, 2.24) is 10.3 Å². The fourth-order valence-corrected chi connectivity index (χ4v) is 1.99. The molecule has 0 bridgehead atoms. The van der Waals surface area contributed by atoms with Crippen LogP contribution < -0.4 is 10.1 Å². The van der Waals surface area contributed by atoms with Gasteiger partial charge in [-0.05, 0) is 28.5 Å². The maximum Gasteiger partial charge on any atom is 0.300 e. The van der Waals surface area contributed by atoms with Crippen LogP contribution in [0.15, 0.2) is 41.0 Å². The van der Waals surface area contributed by atoms with Gasteiger partial charge in [0.05, 0.1) is 23.4 Å². The fraction of sp³-hybridized carbons (Fsp3) is 0.0769. The van der Waals surface area contributed by atoms with E-state index in [1.165, 1.54) is 6.07 Å². The molecule has 1 N–H and O–H groups in total. The molecule has 0 amide bonds. The number of anilines is 2. The number of methoxy groups -OCH3 is 1. The molecule has 3 aromatic rings. The molecular weight excluding hydrogens is 276 g/mol. The summed E-state index contributed by atoms with van der Waals surface area (Å²) in [6, 6.07) is 10.2. The van der Waals surface area contributed by atoms with E-state index in [0.29, 0.717) is 17.1 Å². The summed E-state index contributed by atoms with van der Waals surface area (Å²) in [7, 11) is 1.56. The molecule has 0 aliphatic carbocycles. The van der Waals surface area contributed by atoms with Crippen LogP contribution in [-0.2, 0) is 0 Å². The molecular formula is C13H10N4O4. The lowest BCUT2D eigenvalue weighted by Crippen LogP contribution is -1.96. The van der Waals surface area contributed by atoms with Crippen molar-refractivity contribution in [3.05, 3.63) is 46.5 Å². The van der Waals surface area contributed by atoms with Crippen LogP contribution in [-0.4, -0.2) is 22.3 Å². The summed E-state index contributed by atoms with van der Waals surface area (Å²) in [5, 5.41) is 21.4. The maximum atomic E-state index is 10.9. The van der Waals surface area contributed by atoms with Gasteiger partial charge in [0.1, 0.15) is 5.75 Å². The highest BCUT2D eigenvalue weighted by molar-refractivity contribution is 5.95. The first kappa shape index (κ1) is 12.9. The van der Waals surface area contributed by atoms with E-state index in [1.807, 2.05) is 18.2 Å². The van der Waals surface area contributed by atoms with Crippen LogP contribution >= 0.6 is 0 Å². The summed E-state index contributed by atoms with van der Waals surface area (Å²) in [5.41, 5.74) is 1.48. The second-order valence-electron chi connectivity index (χ2n) is 4.18. The number of nitro groups is 1. The molecule has 0 fully saturated rings. The number of nitro benzene ring substituents is 1. The number of benzene rings is 2. The van der Waals surface area contributed by atoms with Gasteiger partial charge in [-0.3, -0.25) is 10.1 Å². The van der Waals surface area contributed by atoms with Gasteiger partial charge in [-0.25, -0.2) is 4.63 Å². The Morgan fingerprint density at radius 2 is 1.90 bits per heavy atom. The number of aromatic nitrogens is 2. The molecule has 8 heteroatoms. The van der Waals surface area contributed by atoms with Crippen LogP contribution in [0.4, 0.5) is 17.1 Å². The van der Waals surface area contributed by atoms with E-state index in [0.717, 1.165) is 0 Å². The number of rotatable bonds is 4. The standard InChI is InChI=1S/C13H10N4O4/c1-20-11-5-3-2-4-8(11)14-9-6-7-10(17(18)19)13-12(9)15-21-16-13/h2-7,14H,1H3. The van der Waals surface area contributed by atoms with E-state index in [1.54, 1.807) is 19.2 Å². The van der Waals surface area contributed by atoms with E-state index >= 15 is 0 Å². The molecule has 1 aromatic heterocycles. The predicted octanol–water partition coefficient (Wildman–Crippen LogP) is 2.88. The Hall–Kier alpha value is -3.16. The molecule has 0 saturated carbocycles. The minimum absolute atomic E-state index is 0.0971. The van der Waals surface area contributed by atoms with Gasteiger partial charge in [-0.1, -0.05) is 12.1 Å². The minimum Gasteiger partial charge on any atom is -0.495 e. The summed E-state index contributed by atoms with van der Waals surface area (Å²) >= 11 is 0. The second kappa shape index (κ2) is 5.08. The van der Waals surface area contributed by atoms with Crippen molar-refractivity contribution in [2.75, 3.05) is 12.4 Å². The Morgan fingerprint density at radius 3 is 2.67 bits per heavy atom. The number of nitrogens with zero attached hydrogens (tertiary/aromatic N) is 3. The average Bonchev–Trinajstić information content (AvgIpc) is 2.97.